The van der Waals surface area contributed by atoms with Crippen LogP contribution in [0.2, 0.25) is 0 Å². The van der Waals surface area contributed by atoms with E-state index in [1.54, 1.807) is 0 Å². The second-order valence-corrected chi connectivity index (χ2v) is 9.16. The molecule has 0 amide bonds. The van der Waals surface area contributed by atoms with E-state index in [0.29, 0.717) is 26.3 Å². The molecule has 0 aromatic heterocycles. The minimum Gasteiger partial charge on any atom is -0.287 e. The molecule has 0 N–H and O–H groups in total. The first kappa shape index (κ1) is 19.4. The van der Waals surface area contributed by atoms with Gasteiger partial charge in [0.05, 0.1) is 5.54 Å². The van der Waals surface area contributed by atoms with Crippen LogP contribution in [0, 0.1) is 0 Å². The van der Waals surface area contributed by atoms with E-state index in [1.807, 2.05) is 0 Å². The van der Waals surface area contributed by atoms with Crippen molar-refractivity contribution >= 4 is 19.8 Å². The van der Waals surface area contributed by atoms with Crippen LogP contribution in [0.25, 0.3) is 0 Å². The Hall–Kier alpha value is -0.680. The summed E-state index contributed by atoms with van der Waals surface area (Å²) in [6.07, 6.45) is 0. The molecule has 0 bridgehead atoms. The van der Waals surface area contributed by atoms with Gasteiger partial charge in [-0.05, 0) is 69.1 Å². The van der Waals surface area contributed by atoms with Crippen molar-refractivity contribution in [1.82, 2.24) is 0 Å². The number of rotatable bonds is 5. The van der Waals surface area contributed by atoms with Crippen LogP contribution in [0.15, 0.2) is 17.1 Å². The Labute approximate surface area is 139 Å². The molecule has 1 rings (SSSR count). The molecule has 0 aliphatic rings. The summed E-state index contributed by atoms with van der Waals surface area (Å²) in [5, 5.41) is 1.52. The van der Waals surface area contributed by atoms with Gasteiger partial charge in [-0.3, -0.25) is 4.99 Å². The number of hydrogen-bond acceptors (Lipinski definition) is 1. The molecule has 22 heavy (non-hydrogen) atoms. The fourth-order valence-electron chi connectivity index (χ4n) is 2.41. The molecule has 2 heteroatoms. The fraction of sp³-hybridized carbons (Fsp3) is 0.650. The number of aliphatic imine (C=N–C) groups is 1. The first-order valence-electron chi connectivity index (χ1n) is 8.51. The lowest BCUT2D eigenvalue weighted by molar-refractivity contribution is 0.588. The maximum atomic E-state index is 4.70. The van der Waals surface area contributed by atoms with Gasteiger partial charge in [0.25, 0.3) is 0 Å². The predicted octanol–water partition coefficient (Wildman–Crippen LogP) is 6.19. The van der Waals surface area contributed by atoms with Gasteiger partial charge in [0.2, 0.25) is 0 Å². The summed E-state index contributed by atoms with van der Waals surface area (Å²) in [5.41, 5.74) is 4.50. The molecule has 0 fully saturated rings. The van der Waals surface area contributed by atoms with E-state index in [-0.39, 0.29) is 5.54 Å². The Morgan fingerprint density at radius 3 is 1.64 bits per heavy atom. The van der Waals surface area contributed by atoms with E-state index in [4.69, 9.17) is 4.99 Å². The summed E-state index contributed by atoms with van der Waals surface area (Å²) in [6, 6.07) is 4.85. The highest BCUT2D eigenvalue weighted by molar-refractivity contribution is 7.63. The Balaban J connectivity index is 3.35. The van der Waals surface area contributed by atoms with Crippen LogP contribution in [0.1, 0.15) is 96.8 Å². The normalized spacial score (nSPS) is 13.6. The van der Waals surface area contributed by atoms with Crippen molar-refractivity contribution in [2.24, 2.45) is 4.99 Å². The first-order chi connectivity index (χ1) is 10.0. The molecule has 1 aromatic carbocycles. The predicted molar refractivity (Wildman–Crippen MR) is 105 cm³/mol. The quantitative estimate of drug-likeness (QED) is 0.453. The third kappa shape index (κ3) is 5.51. The summed E-state index contributed by atoms with van der Waals surface area (Å²) in [6.45, 7) is 20.3. The molecule has 0 heterocycles. The highest BCUT2D eigenvalue weighted by Gasteiger charge is 2.16. The van der Waals surface area contributed by atoms with Crippen molar-refractivity contribution in [3.8, 4) is 0 Å². The molecular weight excluding hydrogens is 285 g/mol. The number of nitrogens with zero attached hydrogens (tertiary/aromatic N) is 1. The van der Waals surface area contributed by atoms with E-state index in [2.05, 4.69) is 80.4 Å². The lowest BCUT2D eigenvalue weighted by atomic mass is 9.89. The van der Waals surface area contributed by atoms with Crippen LogP contribution in [0.5, 0.6) is 0 Å². The van der Waals surface area contributed by atoms with Crippen LogP contribution in [-0.4, -0.2) is 11.5 Å². The van der Waals surface area contributed by atoms with Crippen LogP contribution >= 0.6 is 8.58 Å². The third-order valence-corrected chi connectivity index (χ3v) is 4.92. The number of hydrogen-bond donors (Lipinski definition) is 0. The summed E-state index contributed by atoms with van der Waals surface area (Å²) >= 11 is 0. The zero-order chi connectivity index (χ0) is 17.1. The van der Waals surface area contributed by atoms with Gasteiger partial charge in [-0.2, -0.15) is 0 Å². The minimum atomic E-state index is 0.0147. The van der Waals surface area contributed by atoms with Gasteiger partial charge >= 0.3 is 0 Å². The summed E-state index contributed by atoms with van der Waals surface area (Å²) in [4.78, 5) is 4.70. The Morgan fingerprint density at radius 1 is 0.864 bits per heavy atom. The van der Waals surface area contributed by atoms with Gasteiger partial charge in [-0.25, -0.2) is 0 Å². The lowest BCUT2D eigenvalue weighted by Crippen LogP contribution is -2.16. The lowest BCUT2D eigenvalue weighted by Gasteiger charge is -2.22. The molecule has 1 nitrogen and oxygen atoms in total. The third-order valence-electron chi connectivity index (χ3n) is 3.79. The van der Waals surface area contributed by atoms with Crippen LogP contribution in [0.3, 0.4) is 0 Å². The SMILES string of the molecule is CC(C)c1cc(C(C)C)c(PC=NC(C)(C)C)c(C(C)C)c1. The Morgan fingerprint density at radius 2 is 1.32 bits per heavy atom. The average molecular weight is 319 g/mol. The molecule has 0 aliphatic heterocycles. The van der Waals surface area contributed by atoms with Gasteiger partial charge in [-0.15, -0.1) is 0 Å². The first-order valence-corrected chi connectivity index (χ1v) is 9.58. The molecule has 0 radical (unpaired) electrons. The van der Waals surface area contributed by atoms with Gasteiger partial charge < -0.3 is 0 Å². The summed E-state index contributed by atoms with van der Waals surface area (Å²) in [7, 11) is 0.660. The highest BCUT2D eigenvalue weighted by Crippen LogP contribution is 2.30. The largest absolute Gasteiger partial charge is 0.287 e. The van der Waals surface area contributed by atoms with Crippen molar-refractivity contribution in [1.29, 1.82) is 0 Å². The summed E-state index contributed by atoms with van der Waals surface area (Å²) < 4.78 is 0. The molecule has 1 atom stereocenters. The van der Waals surface area contributed by atoms with Crippen molar-refractivity contribution < 1.29 is 0 Å². The molecule has 1 unspecified atom stereocenters. The Kier molecular flexibility index (Phi) is 6.81. The van der Waals surface area contributed by atoms with E-state index < -0.39 is 0 Å². The van der Waals surface area contributed by atoms with Crippen molar-refractivity contribution in [2.75, 3.05) is 0 Å². The zero-order valence-electron chi connectivity index (χ0n) is 15.9. The van der Waals surface area contributed by atoms with Gasteiger partial charge in [0, 0.05) is 5.96 Å². The van der Waals surface area contributed by atoms with Gasteiger partial charge in [-0.1, -0.05) is 53.7 Å². The monoisotopic (exact) mass is 319 g/mol. The van der Waals surface area contributed by atoms with E-state index in [0.717, 1.165) is 0 Å². The van der Waals surface area contributed by atoms with Crippen LogP contribution in [-0.2, 0) is 0 Å². The standard InChI is InChI=1S/C20H34NP/c1-13(2)16-10-17(14(3)4)19(18(11-16)15(5)6)22-12-21-20(7,8)9/h10-15,22H,1-9H3. The maximum absolute atomic E-state index is 4.70. The molecule has 0 saturated carbocycles. The summed E-state index contributed by atoms with van der Waals surface area (Å²) in [5.74, 6) is 3.83. The minimum absolute atomic E-state index is 0.0147. The molecule has 1 aromatic rings. The smallest absolute Gasteiger partial charge is 0.0524 e. The average Bonchev–Trinajstić information content (AvgIpc) is 2.36. The van der Waals surface area contributed by atoms with Gasteiger partial charge in [0.15, 0.2) is 0 Å². The van der Waals surface area contributed by atoms with E-state index in [1.165, 1.54) is 22.0 Å². The second kappa shape index (κ2) is 7.73. The maximum Gasteiger partial charge on any atom is 0.0524 e. The molecule has 0 aliphatic carbocycles. The fourth-order valence-corrected chi connectivity index (χ4v) is 4.05. The second-order valence-electron chi connectivity index (χ2n) is 8.11. The molecule has 124 valence electrons. The van der Waals surface area contributed by atoms with Crippen molar-refractivity contribution in [3.63, 3.8) is 0 Å². The van der Waals surface area contributed by atoms with Crippen molar-refractivity contribution in [3.05, 3.63) is 28.8 Å². The Bertz CT molecular complexity index is 490. The molecular formula is C20H34NP. The van der Waals surface area contributed by atoms with Crippen LogP contribution < -0.4 is 5.30 Å². The number of benzene rings is 1. The highest BCUT2D eigenvalue weighted by atomic mass is 31.1. The van der Waals surface area contributed by atoms with E-state index in [9.17, 15) is 0 Å². The zero-order valence-corrected chi connectivity index (χ0v) is 16.9. The molecule has 0 saturated heterocycles. The van der Waals surface area contributed by atoms with Crippen LogP contribution in [0.4, 0.5) is 0 Å². The van der Waals surface area contributed by atoms with Gasteiger partial charge in [0.1, 0.15) is 0 Å². The van der Waals surface area contributed by atoms with E-state index >= 15 is 0 Å². The van der Waals surface area contributed by atoms with Crippen molar-refractivity contribution in [2.45, 2.75) is 85.6 Å². The topological polar surface area (TPSA) is 12.4 Å². The molecule has 0 spiro atoms.